The van der Waals surface area contributed by atoms with Gasteiger partial charge in [0.25, 0.3) is 0 Å². The molecule has 0 radical (unpaired) electrons. The van der Waals surface area contributed by atoms with Gasteiger partial charge in [0.05, 0.1) is 0 Å². The highest BCUT2D eigenvalue weighted by Crippen LogP contribution is 1.96. The first-order valence-corrected chi connectivity index (χ1v) is 8.31. The van der Waals surface area contributed by atoms with E-state index in [9.17, 15) is 0 Å². The summed E-state index contributed by atoms with van der Waals surface area (Å²) < 4.78 is 0. The van der Waals surface area contributed by atoms with E-state index in [4.69, 9.17) is 0 Å². The lowest BCUT2D eigenvalue weighted by Crippen LogP contribution is -1.64. The quantitative estimate of drug-likeness (QED) is 0.335. The number of rotatable bonds is 12. The fourth-order valence-electron chi connectivity index (χ4n) is 1.69. The van der Waals surface area contributed by atoms with Crippen LogP contribution in [0.5, 0.6) is 0 Å². The Balaban J connectivity index is 3.47. The van der Waals surface area contributed by atoms with Gasteiger partial charge in [-0.2, -0.15) is 0 Å². The van der Waals surface area contributed by atoms with Crippen LogP contribution in [0, 0.1) is 0 Å². The first-order valence-electron chi connectivity index (χ1n) is 8.31. The van der Waals surface area contributed by atoms with E-state index in [-0.39, 0.29) is 0 Å². The molecular weight excluding hydrogens is 252 g/mol. The maximum atomic E-state index is 2.23. The molecule has 0 aromatic heterocycles. The van der Waals surface area contributed by atoms with E-state index in [1.54, 1.807) is 0 Å². The summed E-state index contributed by atoms with van der Waals surface area (Å²) in [7, 11) is 0. The summed E-state index contributed by atoms with van der Waals surface area (Å²) in [5.74, 6) is 0. The normalized spacial score (nSPS) is 13.4. The van der Waals surface area contributed by atoms with Crippen molar-refractivity contribution in [2.24, 2.45) is 0 Å². The molecule has 0 nitrogen and oxygen atoms in total. The first kappa shape index (κ1) is 19.4. The van der Waals surface area contributed by atoms with Gasteiger partial charge >= 0.3 is 0 Å². The second kappa shape index (κ2) is 18.4. The molecule has 0 aliphatic carbocycles. The van der Waals surface area contributed by atoms with Crippen LogP contribution in [-0.2, 0) is 0 Å². The molecule has 0 aromatic carbocycles. The van der Waals surface area contributed by atoms with E-state index in [1.807, 2.05) is 0 Å². The van der Waals surface area contributed by atoms with Gasteiger partial charge in [-0.05, 0) is 44.9 Å². The van der Waals surface area contributed by atoms with Crippen LogP contribution in [0.1, 0.15) is 58.8 Å². The van der Waals surface area contributed by atoms with Crippen LogP contribution in [-0.4, -0.2) is 0 Å². The van der Waals surface area contributed by atoms with Crippen LogP contribution < -0.4 is 0 Å². The molecule has 0 saturated heterocycles. The Morgan fingerprint density at radius 2 is 0.524 bits per heavy atom. The van der Waals surface area contributed by atoms with Gasteiger partial charge in [-0.15, -0.1) is 0 Å². The zero-order valence-electron chi connectivity index (χ0n) is 13.9. The molecular formula is C21H32. The Labute approximate surface area is 132 Å². The lowest BCUT2D eigenvalue weighted by Gasteiger charge is -1.85. The van der Waals surface area contributed by atoms with Gasteiger partial charge < -0.3 is 0 Å². The van der Waals surface area contributed by atoms with Crippen molar-refractivity contribution in [2.75, 3.05) is 0 Å². The minimum atomic E-state index is 1.03. The second-order valence-corrected chi connectivity index (χ2v) is 4.82. The topological polar surface area (TPSA) is 0 Å². The molecule has 0 aromatic rings. The van der Waals surface area contributed by atoms with E-state index in [1.165, 1.54) is 0 Å². The molecule has 0 aliphatic heterocycles. The minimum Gasteiger partial charge on any atom is -0.0885 e. The largest absolute Gasteiger partial charge is 0.0885 e. The van der Waals surface area contributed by atoms with Gasteiger partial charge in [0, 0.05) is 0 Å². The SMILES string of the molecule is CC/C=C\C/C=C/C/C=C/C/C=C/C/C=C/C/C=C/CC. The van der Waals surface area contributed by atoms with Crippen molar-refractivity contribution in [1.29, 1.82) is 0 Å². The van der Waals surface area contributed by atoms with Crippen LogP contribution in [0.15, 0.2) is 72.9 Å². The third-order valence-corrected chi connectivity index (χ3v) is 2.83. The summed E-state index contributed by atoms with van der Waals surface area (Å²) in [6, 6.07) is 0. The van der Waals surface area contributed by atoms with Crippen molar-refractivity contribution in [3.8, 4) is 0 Å². The Bertz CT molecular complexity index is 325. The smallest absolute Gasteiger partial charge is 0.0169 e. The fourth-order valence-corrected chi connectivity index (χ4v) is 1.69. The Kier molecular flexibility index (Phi) is 17.1. The van der Waals surface area contributed by atoms with E-state index < -0.39 is 0 Å². The zero-order chi connectivity index (χ0) is 15.4. The average Bonchev–Trinajstić information content (AvgIpc) is 2.50. The van der Waals surface area contributed by atoms with E-state index in [2.05, 4.69) is 86.8 Å². The summed E-state index contributed by atoms with van der Waals surface area (Å²) >= 11 is 0. The highest BCUT2D eigenvalue weighted by Gasteiger charge is 1.75. The van der Waals surface area contributed by atoms with Crippen LogP contribution in [0.4, 0.5) is 0 Å². The van der Waals surface area contributed by atoms with Crippen LogP contribution in [0.3, 0.4) is 0 Å². The van der Waals surface area contributed by atoms with Crippen molar-refractivity contribution in [3.63, 3.8) is 0 Å². The Morgan fingerprint density at radius 1 is 0.333 bits per heavy atom. The third kappa shape index (κ3) is 18.4. The highest BCUT2D eigenvalue weighted by molar-refractivity contribution is 5.01. The molecule has 0 amide bonds. The van der Waals surface area contributed by atoms with Crippen molar-refractivity contribution >= 4 is 0 Å². The summed E-state index contributed by atoms with van der Waals surface area (Å²) in [4.78, 5) is 0. The Hall–Kier alpha value is -1.56. The maximum absolute atomic E-state index is 2.23. The predicted molar refractivity (Wildman–Crippen MR) is 98.5 cm³/mol. The lowest BCUT2D eigenvalue weighted by molar-refractivity contribution is 1.19. The number of allylic oxidation sites excluding steroid dienone is 12. The van der Waals surface area contributed by atoms with Gasteiger partial charge in [-0.25, -0.2) is 0 Å². The molecule has 21 heavy (non-hydrogen) atoms. The zero-order valence-corrected chi connectivity index (χ0v) is 13.9. The van der Waals surface area contributed by atoms with Gasteiger partial charge in [0.15, 0.2) is 0 Å². The molecule has 0 aliphatic rings. The van der Waals surface area contributed by atoms with Crippen molar-refractivity contribution in [2.45, 2.75) is 58.8 Å². The van der Waals surface area contributed by atoms with Crippen LogP contribution in [0.25, 0.3) is 0 Å². The highest BCUT2D eigenvalue weighted by atomic mass is 13.8. The molecule has 0 saturated carbocycles. The molecule has 0 heterocycles. The molecule has 0 bridgehead atoms. The van der Waals surface area contributed by atoms with Gasteiger partial charge in [-0.1, -0.05) is 86.8 Å². The molecule has 0 N–H and O–H groups in total. The van der Waals surface area contributed by atoms with E-state index >= 15 is 0 Å². The molecule has 0 heteroatoms. The van der Waals surface area contributed by atoms with Crippen LogP contribution in [0.2, 0.25) is 0 Å². The number of hydrogen-bond acceptors (Lipinski definition) is 0. The summed E-state index contributed by atoms with van der Waals surface area (Å²) in [5.41, 5.74) is 0. The average molecular weight is 284 g/mol. The monoisotopic (exact) mass is 284 g/mol. The predicted octanol–water partition coefficient (Wildman–Crippen LogP) is 7.09. The number of hydrogen-bond donors (Lipinski definition) is 0. The standard InChI is InChI=1S/C21H32/c1-3-5-7-9-11-13-15-17-19-21-20-18-16-14-12-10-8-6-4-2/h5-8,11-14,17-20H,3-4,9-10,15-16,21H2,1-2H3/b7-5-,8-6+,13-11+,14-12+,19-17+,20-18+. The van der Waals surface area contributed by atoms with Crippen molar-refractivity contribution in [1.82, 2.24) is 0 Å². The minimum absolute atomic E-state index is 1.03. The van der Waals surface area contributed by atoms with Crippen molar-refractivity contribution in [3.05, 3.63) is 72.9 Å². The summed E-state index contributed by atoms with van der Waals surface area (Å²) in [6.45, 7) is 4.32. The lowest BCUT2D eigenvalue weighted by atomic mass is 10.2. The molecule has 0 rings (SSSR count). The van der Waals surface area contributed by atoms with Crippen molar-refractivity contribution < 1.29 is 0 Å². The second-order valence-electron chi connectivity index (χ2n) is 4.82. The fraction of sp³-hybridized carbons (Fsp3) is 0.429. The molecule has 0 spiro atoms. The first-order chi connectivity index (χ1) is 10.4. The van der Waals surface area contributed by atoms with Gasteiger partial charge in [0.2, 0.25) is 0 Å². The molecule has 0 atom stereocenters. The molecule has 0 fully saturated rings. The summed E-state index contributed by atoms with van der Waals surface area (Å²) in [5, 5.41) is 0. The van der Waals surface area contributed by atoms with Gasteiger partial charge in [-0.3, -0.25) is 0 Å². The van der Waals surface area contributed by atoms with E-state index in [0.29, 0.717) is 0 Å². The Morgan fingerprint density at radius 3 is 0.714 bits per heavy atom. The maximum Gasteiger partial charge on any atom is -0.0169 e. The molecule has 116 valence electrons. The molecule has 0 unspecified atom stereocenters. The van der Waals surface area contributed by atoms with Gasteiger partial charge in [0.1, 0.15) is 0 Å². The van der Waals surface area contributed by atoms with Crippen LogP contribution >= 0.6 is 0 Å². The third-order valence-electron chi connectivity index (χ3n) is 2.83. The van der Waals surface area contributed by atoms with E-state index in [0.717, 1.165) is 44.9 Å². The summed E-state index contributed by atoms with van der Waals surface area (Å²) in [6.07, 6.45) is 34.2.